The Hall–Kier alpha value is -2.00. The zero-order valence-electron chi connectivity index (χ0n) is 21.2. The molecule has 2 rings (SSSR count). The molecule has 0 spiro atoms. The molecule has 198 valence electrons. The minimum absolute atomic E-state index is 0.0182. The topological polar surface area (TPSA) is 86.8 Å². The zero-order valence-corrected chi connectivity index (χ0v) is 24.3. The Morgan fingerprint density at radius 3 is 2.17 bits per heavy atom. The number of hydrogen-bond donors (Lipinski definition) is 1. The molecule has 0 saturated carbocycles. The first-order chi connectivity index (χ1) is 16.5. The highest BCUT2D eigenvalue weighted by molar-refractivity contribution is 7.92. The van der Waals surface area contributed by atoms with Crippen LogP contribution in [0.1, 0.15) is 45.2 Å². The third-order valence-electron chi connectivity index (χ3n) is 5.26. The van der Waals surface area contributed by atoms with Crippen LogP contribution >= 0.6 is 34.8 Å². The summed E-state index contributed by atoms with van der Waals surface area (Å²) in [6, 6.07) is 9.35. The molecule has 0 fully saturated rings. The summed E-state index contributed by atoms with van der Waals surface area (Å²) in [4.78, 5) is 28.3. The molecule has 0 saturated heterocycles. The van der Waals surface area contributed by atoms with Gasteiger partial charge in [0.15, 0.2) is 0 Å². The van der Waals surface area contributed by atoms with E-state index >= 15 is 0 Å². The second kappa shape index (κ2) is 12.0. The smallest absolute Gasteiger partial charge is 0.244 e. The average Bonchev–Trinajstić information content (AvgIpc) is 2.72. The molecule has 1 unspecified atom stereocenters. The van der Waals surface area contributed by atoms with Crippen LogP contribution in [0.5, 0.6) is 0 Å². The molecule has 0 aliphatic rings. The zero-order chi connectivity index (χ0) is 27.4. The fraction of sp³-hybridized carbons (Fsp3) is 0.440. The number of benzene rings is 2. The maximum absolute atomic E-state index is 13.7. The van der Waals surface area contributed by atoms with Crippen molar-refractivity contribution in [1.29, 1.82) is 0 Å². The third kappa shape index (κ3) is 8.26. The van der Waals surface area contributed by atoms with E-state index in [0.717, 1.165) is 21.7 Å². The predicted molar refractivity (Wildman–Crippen MR) is 147 cm³/mol. The van der Waals surface area contributed by atoms with Gasteiger partial charge in [0, 0.05) is 12.1 Å². The van der Waals surface area contributed by atoms with Gasteiger partial charge in [0.2, 0.25) is 21.8 Å². The summed E-state index contributed by atoms with van der Waals surface area (Å²) in [5.74, 6) is -0.899. The van der Waals surface area contributed by atoms with Crippen LogP contribution in [0.25, 0.3) is 0 Å². The number of rotatable bonds is 9. The lowest BCUT2D eigenvalue weighted by Gasteiger charge is -2.34. The van der Waals surface area contributed by atoms with Crippen molar-refractivity contribution in [3.63, 3.8) is 0 Å². The number of sulfonamides is 1. The van der Waals surface area contributed by atoms with Gasteiger partial charge in [-0.15, -0.1) is 0 Å². The van der Waals surface area contributed by atoms with Crippen LogP contribution in [-0.4, -0.2) is 49.5 Å². The predicted octanol–water partition coefficient (Wildman–Crippen LogP) is 5.44. The van der Waals surface area contributed by atoms with Crippen LogP contribution in [0.2, 0.25) is 15.1 Å². The number of amides is 2. The Morgan fingerprint density at radius 2 is 1.64 bits per heavy atom. The number of nitrogens with one attached hydrogen (secondary N) is 1. The first-order valence-corrected chi connectivity index (χ1v) is 14.3. The molecule has 0 radical (unpaired) electrons. The highest BCUT2D eigenvalue weighted by Crippen LogP contribution is 2.35. The minimum Gasteiger partial charge on any atom is -0.350 e. The normalized spacial score (nSPS) is 12.7. The SMILES string of the molecule is CCC(C(=O)NC(C)(C)C)N(Cc1cccc(C)c1)C(=O)CN(c1cc(Cl)c(Cl)cc1Cl)S(C)(=O)=O. The summed E-state index contributed by atoms with van der Waals surface area (Å²) in [7, 11) is -3.96. The van der Waals surface area contributed by atoms with Crippen molar-refractivity contribution in [3.8, 4) is 0 Å². The first-order valence-electron chi connectivity index (χ1n) is 11.3. The van der Waals surface area contributed by atoms with Gasteiger partial charge >= 0.3 is 0 Å². The summed E-state index contributed by atoms with van der Waals surface area (Å²) in [6.07, 6.45) is 1.29. The van der Waals surface area contributed by atoms with E-state index < -0.39 is 34.1 Å². The number of halogens is 3. The maximum atomic E-state index is 13.7. The number of aryl methyl sites for hydroxylation is 1. The van der Waals surface area contributed by atoms with Crippen molar-refractivity contribution in [2.24, 2.45) is 0 Å². The molecule has 0 bridgehead atoms. The van der Waals surface area contributed by atoms with Crippen LogP contribution in [-0.2, 0) is 26.2 Å². The Bertz CT molecular complexity index is 1230. The van der Waals surface area contributed by atoms with Gasteiger partial charge in [0.25, 0.3) is 0 Å². The second-order valence-corrected chi connectivity index (χ2v) is 12.8. The largest absolute Gasteiger partial charge is 0.350 e. The molecule has 0 heterocycles. The lowest BCUT2D eigenvalue weighted by atomic mass is 10.0. The van der Waals surface area contributed by atoms with Gasteiger partial charge in [0.05, 0.1) is 27.0 Å². The maximum Gasteiger partial charge on any atom is 0.244 e. The standard InChI is InChI=1S/C25H32Cl3N3O4S/c1-7-21(24(33)29-25(3,4)5)30(14-17-10-8-9-16(2)11-17)23(32)15-31(36(6,34)35)22-13-19(27)18(26)12-20(22)28/h8-13,21H,7,14-15H2,1-6H3,(H,29,33). The number of carbonyl (C=O) groups is 2. The van der Waals surface area contributed by atoms with Gasteiger partial charge in [-0.25, -0.2) is 8.42 Å². The Labute approximate surface area is 228 Å². The molecule has 11 heteroatoms. The summed E-state index contributed by atoms with van der Waals surface area (Å²) >= 11 is 18.4. The molecule has 0 aliphatic carbocycles. The highest BCUT2D eigenvalue weighted by atomic mass is 35.5. The van der Waals surface area contributed by atoms with Crippen LogP contribution in [0.3, 0.4) is 0 Å². The van der Waals surface area contributed by atoms with E-state index in [-0.39, 0.29) is 33.2 Å². The van der Waals surface area contributed by atoms with Crippen molar-refractivity contribution in [1.82, 2.24) is 10.2 Å². The molecular formula is C25H32Cl3N3O4S. The number of anilines is 1. The number of hydrogen-bond acceptors (Lipinski definition) is 4. The summed E-state index contributed by atoms with van der Waals surface area (Å²) in [6.45, 7) is 8.81. The third-order valence-corrected chi connectivity index (χ3v) is 7.41. The molecule has 1 N–H and O–H groups in total. The lowest BCUT2D eigenvalue weighted by molar-refractivity contribution is -0.141. The second-order valence-electron chi connectivity index (χ2n) is 9.66. The summed E-state index contributed by atoms with van der Waals surface area (Å²) in [5, 5.41) is 3.18. The van der Waals surface area contributed by atoms with E-state index in [1.807, 2.05) is 52.0 Å². The Morgan fingerprint density at radius 1 is 1.03 bits per heavy atom. The van der Waals surface area contributed by atoms with E-state index in [9.17, 15) is 18.0 Å². The van der Waals surface area contributed by atoms with Crippen LogP contribution in [0.4, 0.5) is 5.69 Å². The molecule has 2 aromatic rings. The van der Waals surface area contributed by atoms with Crippen LogP contribution < -0.4 is 9.62 Å². The van der Waals surface area contributed by atoms with E-state index in [1.165, 1.54) is 17.0 Å². The summed E-state index contributed by atoms with van der Waals surface area (Å²) < 4.78 is 26.4. The van der Waals surface area contributed by atoms with Crippen LogP contribution in [0, 0.1) is 6.92 Å². The fourth-order valence-electron chi connectivity index (χ4n) is 3.68. The molecule has 0 aliphatic heterocycles. The average molecular weight is 577 g/mol. The monoisotopic (exact) mass is 575 g/mol. The van der Waals surface area contributed by atoms with E-state index in [0.29, 0.717) is 6.42 Å². The summed E-state index contributed by atoms with van der Waals surface area (Å²) in [5.41, 5.74) is 1.30. The van der Waals surface area contributed by atoms with Gasteiger partial charge in [-0.1, -0.05) is 71.6 Å². The molecule has 2 aromatic carbocycles. The Balaban J connectivity index is 2.53. The van der Waals surface area contributed by atoms with E-state index in [1.54, 1.807) is 6.92 Å². The molecule has 36 heavy (non-hydrogen) atoms. The Kier molecular flexibility index (Phi) is 10.1. The van der Waals surface area contributed by atoms with E-state index in [2.05, 4.69) is 5.32 Å². The molecule has 2 amide bonds. The molecule has 7 nitrogen and oxygen atoms in total. The number of nitrogens with zero attached hydrogens (tertiary/aromatic N) is 2. The minimum atomic E-state index is -3.96. The molecule has 1 atom stereocenters. The van der Waals surface area contributed by atoms with Crippen molar-refractivity contribution in [3.05, 3.63) is 62.6 Å². The lowest BCUT2D eigenvalue weighted by Crippen LogP contribution is -2.55. The van der Waals surface area contributed by atoms with Gasteiger partial charge in [-0.2, -0.15) is 0 Å². The van der Waals surface area contributed by atoms with Crippen LogP contribution in [0.15, 0.2) is 36.4 Å². The van der Waals surface area contributed by atoms with Crippen molar-refractivity contribution in [2.75, 3.05) is 17.1 Å². The molecule has 0 aromatic heterocycles. The van der Waals surface area contributed by atoms with E-state index in [4.69, 9.17) is 34.8 Å². The highest BCUT2D eigenvalue weighted by Gasteiger charge is 2.33. The van der Waals surface area contributed by atoms with Gasteiger partial charge < -0.3 is 10.2 Å². The fourth-order valence-corrected chi connectivity index (χ4v) is 5.22. The first kappa shape index (κ1) is 30.2. The van der Waals surface area contributed by atoms with Gasteiger partial charge in [-0.05, 0) is 51.8 Å². The van der Waals surface area contributed by atoms with Crippen molar-refractivity contribution in [2.45, 2.75) is 59.2 Å². The quantitative estimate of drug-likeness (QED) is 0.403. The van der Waals surface area contributed by atoms with Gasteiger partial charge in [0.1, 0.15) is 12.6 Å². The van der Waals surface area contributed by atoms with Crippen molar-refractivity contribution < 1.29 is 18.0 Å². The number of carbonyl (C=O) groups excluding carboxylic acids is 2. The molecular weight excluding hydrogens is 545 g/mol. The van der Waals surface area contributed by atoms with Crippen molar-refractivity contribution >= 4 is 62.3 Å². The van der Waals surface area contributed by atoms with Gasteiger partial charge in [-0.3, -0.25) is 13.9 Å².